The predicted octanol–water partition coefficient (Wildman–Crippen LogP) is 1.57. The van der Waals surface area contributed by atoms with Crippen molar-refractivity contribution in [2.24, 2.45) is 0 Å². The van der Waals surface area contributed by atoms with E-state index in [1.54, 1.807) is 0 Å². The average molecular weight is 239 g/mol. The van der Waals surface area contributed by atoms with Crippen molar-refractivity contribution >= 4 is 0 Å². The van der Waals surface area contributed by atoms with Gasteiger partial charge in [0.15, 0.2) is 0 Å². The maximum atomic E-state index is 3.73. The van der Waals surface area contributed by atoms with Crippen LogP contribution in [0.2, 0.25) is 0 Å². The van der Waals surface area contributed by atoms with E-state index in [0.29, 0.717) is 6.04 Å². The van der Waals surface area contributed by atoms with E-state index in [4.69, 9.17) is 0 Å². The number of hydrogen-bond donors (Lipinski definition) is 1. The molecule has 1 N–H and O–H groups in total. The van der Waals surface area contributed by atoms with Crippen molar-refractivity contribution in [3.63, 3.8) is 0 Å². The number of piperazine rings is 1. The summed E-state index contributed by atoms with van der Waals surface area (Å²) in [6, 6.07) is 1.38. The first-order chi connectivity index (χ1) is 8.19. The minimum Gasteiger partial charge on any atom is -0.312 e. The lowest BCUT2D eigenvalue weighted by Gasteiger charge is -2.40. The Morgan fingerprint density at radius 2 is 1.65 bits per heavy atom. The Bertz CT molecular complexity index is 210. The molecule has 2 unspecified atom stereocenters. The Morgan fingerprint density at radius 3 is 2.12 bits per heavy atom. The van der Waals surface area contributed by atoms with Crippen molar-refractivity contribution in [2.45, 2.75) is 39.3 Å². The van der Waals surface area contributed by atoms with Crippen molar-refractivity contribution in [1.82, 2.24) is 15.1 Å². The number of rotatable bonds is 7. The van der Waals surface area contributed by atoms with Gasteiger partial charge in [-0.2, -0.15) is 0 Å². The van der Waals surface area contributed by atoms with Crippen LogP contribution in [0.25, 0.3) is 0 Å². The third-order valence-corrected chi connectivity index (χ3v) is 3.91. The summed E-state index contributed by atoms with van der Waals surface area (Å²) in [6.07, 6.45) is 3.18. The highest BCUT2D eigenvalue weighted by Crippen LogP contribution is 2.10. The highest BCUT2D eigenvalue weighted by molar-refractivity contribution is 4.80. The monoisotopic (exact) mass is 239 g/mol. The van der Waals surface area contributed by atoms with Gasteiger partial charge in [-0.05, 0) is 20.3 Å². The van der Waals surface area contributed by atoms with Crippen molar-refractivity contribution < 1.29 is 0 Å². The zero-order chi connectivity index (χ0) is 12.7. The van der Waals surface area contributed by atoms with Gasteiger partial charge in [-0.25, -0.2) is 0 Å². The van der Waals surface area contributed by atoms with E-state index in [-0.39, 0.29) is 0 Å². The molecule has 0 aromatic carbocycles. The van der Waals surface area contributed by atoms with Gasteiger partial charge in [0, 0.05) is 51.4 Å². The van der Waals surface area contributed by atoms with Crippen LogP contribution in [0.3, 0.4) is 0 Å². The maximum absolute atomic E-state index is 3.73. The smallest absolute Gasteiger partial charge is 0.0193 e. The molecule has 3 nitrogen and oxygen atoms in total. The van der Waals surface area contributed by atoms with Crippen LogP contribution in [0.4, 0.5) is 0 Å². The fourth-order valence-corrected chi connectivity index (χ4v) is 2.40. The molecular weight excluding hydrogens is 210 g/mol. The van der Waals surface area contributed by atoms with E-state index in [2.05, 4.69) is 42.5 Å². The molecule has 2 atom stereocenters. The number of nitrogens with one attached hydrogen (secondary N) is 1. The van der Waals surface area contributed by atoms with E-state index in [1.165, 1.54) is 32.6 Å². The molecule has 0 aromatic rings. The zero-order valence-electron chi connectivity index (χ0n) is 11.8. The van der Waals surface area contributed by atoms with E-state index in [1.807, 2.05) is 6.08 Å². The van der Waals surface area contributed by atoms with Gasteiger partial charge in [0.1, 0.15) is 0 Å². The molecule has 17 heavy (non-hydrogen) atoms. The molecule has 0 aliphatic carbocycles. The van der Waals surface area contributed by atoms with Gasteiger partial charge in [-0.3, -0.25) is 9.80 Å². The molecule has 1 fully saturated rings. The number of hydrogen-bond acceptors (Lipinski definition) is 3. The molecular formula is C14H29N3. The lowest BCUT2D eigenvalue weighted by Crippen LogP contribution is -2.53. The molecule has 0 amide bonds. The Kier molecular flexibility index (Phi) is 6.78. The Labute approximate surface area is 107 Å². The SMILES string of the molecule is C=CCNCC(C)N1CCN(C(C)CC)CC1. The van der Waals surface area contributed by atoms with E-state index >= 15 is 0 Å². The minimum atomic E-state index is 0.633. The van der Waals surface area contributed by atoms with Gasteiger partial charge < -0.3 is 5.32 Å². The first kappa shape index (κ1) is 14.7. The summed E-state index contributed by atoms with van der Waals surface area (Å²) in [4.78, 5) is 5.20. The second kappa shape index (κ2) is 7.85. The van der Waals surface area contributed by atoms with Gasteiger partial charge >= 0.3 is 0 Å². The molecule has 100 valence electrons. The van der Waals surface area contributed by atoms with Crippen LogP contribution in [0.15, 0.2) is 12.7 Å². The summed E-state index contributed by atoms with van der Waals surface area (Å²) in [6.45, 7) is 17.5. The standard InChI is InChI=1S/C14H29N3/c1-5-7-15-12-14(4)17-10-8-16(9-11-17)13(3)6-2/h5,13-15H,1,6-12H2,2-4H3. The summed E-state index contributed by atoms with van der Waals surface area (Å²) in [7, 11) is 0. The Hall–Kier alpha value is -0.380. The first-order valence-corrected chi connectivity index (χ1v) is 6.98. The largest absolute Gasteiger partial charge is 0.312 e. The second-order valence-corrected chi connectivity index (χ2v) is 5.13. The Balaban J connectivity index is 2.23. The molecule has 1 rings (SSSR count). The van der Waals surface area contributed by atoms with Crippen molar-refractivity contribution in [2.75, 3.05) is 39.3 Å². The fourth-order valence-electron chi connectivity index (χ4n) is 2.40. The van der Waals surface area contributed by atoms with Gasteiger partial charge in [-0.15, -0.1) is 6.58 Å². The Morgan fingerprint density at radius 1 is 1.12 bits per heavy atom. The summed E-state index contributed by atoms with van der Waals surface area (Å²) < 4.78 is 0. The van der Waals surface area contributed by atoms with Crippen molar-refractivity contribution in [3.8, 4) is 0 Å². The molecule has 3 heteroatoms. The van der Waals surface area contributed by atoms with Gasteiger partial charge in [0.05, 0.1) is 0 Å². The van der Waals surface area contributed by atoms with Crippen molar-refractivity contribution in [3.05, 3.63) is 12.7 Å². The molecule has 0 aromatic heterocycles. The number of nitrogens with zero attached hydrogens (tertiary/aromatic N) is 2. The fraction of sp³-hybridized carbons (Fsp3) is 0.857. The molecule has 1 aliphatic rings. The summed E-state index contributed by atoms with van der Waals surface area (Å²) in [5, 5.41) is 3.40. The van der Waals surface area contributed by atoms with E-state index in [9.17, 15) is 0 Å². The van der Waals surface area contributed by atoms with Crippen LogP contribution in [0.1, 0.15) is 27.2 Å². The topological polar surface area (TPSA) is 18.5 Å². The first-order valence-electron chi connectivity index (χ1n) is 6.98. The third-order valence-electron chi connectivity index (χ3n) is 3.91. The van der Waals surface area contributed by atoms with Crippen LogP contribution in [-0.4, -0.2) is 61.2 Å². The molecule has 0 radical (unpaired) electrons. The van der Waals surface area contributed by atoms with Gasteiger partial charge in [0.25, 0.3) is 0 Å². The second-order valence-electron chi connectivity index (χ2n) is 5.13. The highest BCUT2D eigenvalue weighted by Gasteiger charge is 2.22. The normalized spacial score (nSPS) is 22.3. The maximum Gasteiger partial charge on any atom is 0.0193 e. The molecule has 1 heterocycles. The predicted molar refractivity (Wildman–Crippen MR) is 75.4 cm³/mol. The van der Waals surface area contributed by atoms with Crippen LogP contribution in [-0.2, 0) is 0 Å². The summed E-state index contributed by atoms with van der Waals surface area (Å²) in [5.41, 5.74) is 0. The van der Waals surface area contributed by atoms with Crippen LogP contribution in [0.5, 0.6) is 0 Å². The van der Waals surface area contributed by atoms with Crippen molar-refractivity contribution in [1.29, 1.82) is 0 Å². The molecule has 0 saturated carbocycles. The third kappa shape index (κ3) is 4.78. The van der Waals surface area contributed by atoms with Crippen LogP contribution in [0, 0.1) is 0 Å². The van der Waals surface area contributed by atoms with Gasteiger partial charge in [0.2, 0.25) is 0 Å². The molecule has 1 aliphatic heterocycles. The molecule has 1 saturated heterocycles. The molecule has 0 bridgehead atoms. The lowest BCUT2D eigenvalue weighted by atomic mass is 10.1. The van der Waals surface area contributed by atoms with Crippen LogP contribution >= 0.6 is 0 Å². The van der Waals surface area contributed by atoms with Gasteiger partial charge in [-0.1, -0.05) is 13.0 Å². The van der Waals surface area contributed by atoms with Crippen LogP contribution < -0.4 is 5.32 Å². The lowest BCUT2D eigenvalue weighted by molar-refractivity contribution is 0.0774. The molecule has 0 spiro atoms. The summed E-state index contributed by atoms with van der Waals surface area (Å²) >= 11 is 0. The average Bonchev–Trinajstić information content (AvgIpc) is 2.38. The van der Waals surface area contributed by atoms with E-state index < -0.39 is 0 Å². The minimum absolute atomic E-state index is 0.633. The highest BCUT2D eigenvalue weighted by atomic mass is 15.3. The van der Waals surface area contributed by atoms with E-state index in [0.717, 1.165) is 19.1 Å². The quantitative estimate of drug-likeness (QED) is 0.537. The summed E-state index contributed by atoms with van der Waals surface area (Å²) in [5.74, 6) is 0. The zero-order valence-corrected chi connectivity index (χ0v) is 11.8.